The standard InChI is InChI=1S/C22H27FN2O3S/c1-14-8-9-16(3)21(12-14)24-22(26)18-13-17(10-11-19(18)23)29(27,28)25-20-7-5-4-6-15(20)2/h8-13,15,20,25H,4-7H2,1-3H3,(H,24,26)/t15-,20-/m1/s1. The monoisotopic (exact) mass is 418 g/mol. The first-order valence-electron chi connectivity index (χ1n) is 9.88. The highest BCUT2D eigenvalue weighted by molar-refractivity contribution is 7.89. The van der Waals surface area contributed by atoms with Crippen molar-refractivity contribution in [1.82, 2.24) is 4.72 Å². The summed E-state index contributed by atoms with van der Waals surface area (Å²) in [6, 6.07) is 8.74. The van der Waals surface area contributed by atoms with Crippen LogP contribution in [0.5, 0.6) is 0 Å². The average molecular weight is 419 g/mol. The summed E-state index contributed by atoms with van der Waals surface area (Å²) in [5.41, 5.74) is 2.05. The molecule has 0 heterocycles. The second kappa shape index (κ2) is 8.63. The van der Waals surface area contributed by atoms with Crippen LogP contribution in [0, 0.1) is 25.6 Å². The van der Waals surface area contributed by atoms with E-state index in [1.807, 2.05) is 32.9 Å². The van der Waals surface area contributed by atoms with E-state index in [4.69, 9.17) is 0 Å². The molecule has 2 atom stereocenters. The van der Waals surface area contributed by atoms with Gasteiger partial charge in [-0.15, -0.1) is 0 Å². The third-order valence-electron chi connectivity index (χ3n) is 5.55. The number of amides is 1. The molecule has 1 fully saturated rings. The van der Waals surface area contributed by atoms with E-state index in [2.05, 4.69) is 10.0 Å². The van der Waals surface area contributed by atoms with Crippen molar-refractivity contribution >= 4 is 21.6 Å². The van der Waals surface area contributed by atoms with Crippen molar-refractivity contribution in [2.45, 2.75) is 57.4 Å². The van der Waals surface area contributed by atoms with Gasteiger partial charge in [0.15, 0.2) is 0 Å². The zero-order chi connectivity index (χ0) is 21.2. The van der Waals surface area contributed by atoms with Gasteiger partial charge >= 0.3 is 0 Å². The largest absolute Gasteiger partial charge is 0.322 e. The Labute approximate surface area is 171 Å². The molecule has 0 spiro atoms. The number of hydrogen-bond donors (Lipinski definition) is 2. The summed E-state index contributed by atoms with van der Waals surface area (Å²) in [7, 11) is -3.85. The molecule has 1 aliphatic rings. The number of hydrogen-bond acceptors (Lipinski definition) is 3. The fourth-order valence-corrected chi connectivity index (χ4v) is 5.07. The summed E-state index contributed by atoms with van der Waals surface area (Å²) in [6.45, 7) is 5.75. The Balaban J connectivity index is 1.85. The van der Waals surface area contributed by atoms with Gasteiger partial charge in [0.2, 0.25) is 10.0 Å². The predicted octanol–water partition coefficient (Wildman–Crippen LogP) is 4.55. The predicted molar refractivity (Wildman–Crippen MR) is 112 cm³/mol. The molecule has 1 saturated carbocycles. The number of carbonyl (C=O) groups is 1. The molecule has 0 unspecified atom stereocenters. The maximum absolute atomic E-state index is 14.3. The highest BCUT2D eigenvalue weighted by Gasteiger charge is 2.27. The van der Waals surface area contributed by atoms with Gasteiger partial charge in [-0.05, 0) is 68.0 Å². The molecule has 7 heteroatoms. The first kappa shape index (κ1) is 21.5. The lowest BCUT2D eigenvalue weighted by atomic mass is 9.87. The van der Waals surface area contributed by atoms with Gasteiger partial charge in [0.05, 0.1) is 10.5 Å². The number of rotatable bonds is 5. The van der Waals surface area contributed by atoms with Crippen molar-refractivity contribution in [1.29, 1.82) is 0 Å². The molecular weight excluding hydrogens is 391 g/mol. The van der Waals surface area contributed by atoms with Gasteiger partial charge in [0.1, 0.15) is 5.82 Å². The second-order valence-corrected chi connectivity index (χ2v) is 9.62. The second-order valence-electron chi connectivity index (χ2n) is 7.90. The number of anilines is 1. The average Bonchev–Trinajstić information content (AvgIpc) is 2.66. The number of sulfonamides is 1. The number of aryl methyl sites for hydroxylation is 2. The van der Waals surface area contributed by atoms with Crippen LogP contribution in [0.2, 0.25) is 0 Å². The van der Waals surface area contributed by atoms with E-state index in [9.17, 15) is 17.6 Å². The molecule has 0 aliphatic heterocycles. The van der Waals surface area contributed by atoms with E-state index in [-0.39, 0.29) is 22.4 Å². The summed E-state index contributed by atoms with van der Waals surface area (Å²) in [5, 5.41) is 2.68. The molecule has 1 aliphatic carbocycles. The summed E-state index contributed by atoms with van der Waals surface area (Å²) in [5.74, 6) is -1.21. The SMILES string of the molecule is Cc1ccc(C)c(NC(=O)c2cc(S(=O)(=O)N[C@@H]3CCCC[C@H]3C)ccc2F)c1. The normalized spacial score (nSPS) is 19.7. The molecule has 1 amide bonds. The topological polar surface area (TPSA) is 75.3 Å². The molecule has 3 rings (SSSR count). The molecule has 2 aromatic carbocycles. The smallest absolute Gasteiger partial charge is 0.258 e. The zero-order valence-electron chi connectivity index (χ0n) is 17.0. The number of benzene rings is 2. The molecule has 0 bridgehead atoms. The van der Waals surface area contributed by atoms with Crippen LogP contribution in [-0.2, 0) is 10.0 Å². The minimum absolute atomic E-state index is 0.109. The van der Waals surface area contributed by atoms with Crippen LogP contribution in [0.3, 0.4) is 0 Å². The van der Waals surface area contributed by atoms with Crippen molar-refractivity contribution in [3.05, 3.63) is 58.9 Å². The van der Waals surface area contributed by atoms with Crippen molar-refractivity contribution in [3.63, 3.8) is 0 Å². The highest BCUT2D eigenvalue weighted by Crippen LogP contribution is 2.26. The summed E-state index contributed by atoms with van der Waals surface area (Å²) >= 11 is 0. The van der Waals surface area contributed by atoms with Gasteiger partial charge < -0.3 is 5.32 Å². The fraction of sp³-hybridized carbons (Fsp3) is 0.409. The van der Waals surface area contributed by atoms with Gasteiger partial charge in [0.25, 0.3) is 5.91 Å². The maximum Gasteiger partial charge on any atom is 0.258 e. The zero-order valence-corrected chi connectivity index (χ0v) is 17.8. The minimum Gasteiger partial charge on any atom is -0.322 e. The van der Waals surface area contributed by atoms with Gasteiger partial charge in [-0.1, -0.05) is 31.9 Å². The quantitative estimate of drug-likeness (QED) is 0.748. The third kappa shape index (κ3) is 5.03. The highest BCUT2D eigenvalue weighted by atomic mass is 32.2. The van der Waals surface area contributed by atoms with E-state index < -0.39 is 21.7 Å². The van der Waals surface area contributed by atoms with Gasteiger partial charge in [0, 0.05) is 11.7 Å². The first-order valence-corrected chi connectivity index (χ1v) is 11.4. The van der Waals surface area contributed by atoms with Crippen LogP contribution in [0.1, 0.15) is 54.1 Å². The van der Waals surface area contributed by atoms with Gasteiger partial charge in [-0.25, -0.2) is 17.5 Å². The van der Waals surface area contributed by atoms with Gasteiger partial charge in [-0.2, -0.15) is 0 Å². The van der Waals surface area contributed by atoms with Crippen LogP contribution in [0.25, 0.3) is 0 Å². The Kier molecular flexibility index (Phi) is 6.39. The van der Waals surface area contributed by atoms with Crippen molar-refractivity contribution in [3.8, 4) is 0 Å². The van der Waals surface area contributed by atoms with Crippen LogP contribution < -0.4 is 10.0 Å². The minimum atomic E-state index is -3.85. The van der Waals surface area contributed by atoms with E-state index in [1.54, 1.807) is 6.07 Å². The molecule has 0 saturated heterocycles. The van der Waals surface area contributed by atoms with Crippen molar-refractivity contribution in [2.75, 3.05) is 5.32 Å². The fourth-order valence-electron chi connectivity index (χ4n) is 3.66. The molecule has 156 valence electrons. The van der Waals surface area contributed by atoms with Crippen LogP contribution in [-0.4, -0.2) is 20.4 Å². The Bertz CT molecular complexity index is 1020. The summed E-state index contributed by atoms with van der Waals surface area (Å²) < 4.78 is 42.7. The Morgan fingerprint density at radius 2 is 1.79 bits per heavy atom. The number of nitrogens with one attached hydrogen (secondary N) is 2. The maximum atomic E-state index is 14.3. The lowest BCUT2D eigenvalue weighted by Gasteiger charge is -2.29. The molecule has 2 N–H and O–H groups in total. The molecule has 2 aromatic rings. The van der Waals surface area contributed by atoms with Crippen molar-refractivity contribution in [2.24, 2.45) is 5.92 Å². The molecular formula is C22H27FN2O3S. The van der Waals surface area contributed by atoms with E-state index >= 15 is 0 Å². The molecule has 29 heavy (non-hydrogen) atoms. The molecule has 0 radical (unpaired) electrons. The number of halogens is 1. The van der Waals surface area contributed by atoms with Crippen LogP contribution >= 0.6 is 0 Å². The van der Waals surface area contributed by atoms with Gasteiger partial charge in [-0.3, -0.25) is 4.79 Å². The Morgan fingerprint density at radius 1 is 1.07 bits per heavy atom. The van der Waals surface area contributed by atoms with E-state index in [0.29, 0.717) is 5.69 Å². The number of carbonyl (C=O) groups excluding carboxylic acids is 1. The van der Waals surface area contributed by atoms with Crippen molar-refractivity contribution < 1.29 is 17.6 Å². The Hall–Kier alpha value is -2.25. The summed E-state index contributed by atoms with van der Waals surface area (Å²) in [4.78, 5) is 12.5. The Morgan fingerprint density at radius 3 is 2.52 bits per heavy atom. The first-order chi connectivity index (χ1) is 13.7. The van der Waals surface area contributed by atoms with E-state index in [0.717, 1.165) is 48.9 Å². The lowest BCUT2D eigenvalue weighted by Crippen LogP contribution is -2.41. The van der Waals surface area contributed by atoms with Crippen LogP contribution in [0.4, 0.5) is 10.1 Å². The summed E-state index contributed by atoms with van der Waals surface area (Å²) in [6.07, 6.45) is 3.82. The van der Waals surface area contributed by atoms with E-state index in [1.165, 1.54) is 6.07 Å². The van der Waals surface area contributed by atoms with Crippen LogP contribution in [0.15, 0.2) is 41.3 Å². The lowest BCUT2D eigenvalue weighted by molar-refractivity contribution is 0.102. The molecule has 5 nitrogen and oxygen atoms in total. The third-order valence-corrected chi connectivity index (χ3v) is 7.04. The molecule has 0 aromatic heterocycles.